The number of nitrogens with one attached hydrogen (secondary N) is 1. The predicted octanol–water partition coefficient (Wildman–Crippen LogP) is 3.29. The second-order valence-electron chi connectivity index (χ2n) is 12.1. The Morgan fingerprint density at radius 3 is 2.26 bits per heavy atom. The van der Waals surface area contributed by atoms with Gasteiger partial charge in [0.1, 0.15) is 17.8 Å². The summed E-state index contributed by atoms with van der Waals surface area (Å²) < 4.78 is 51.4. The summed E-state index contributed by atoms with van der Waals surface area (Å²) in [6.07, 6.45) is -3.42. The quantitative estimate of drug-likeness (QED) is 0.472. The summed E-state index contributed by atoms with van der Waals surface area (Å²) in [6, 6.07) is 6.20. The van der Waals surface area contributed by atoms with Gasteiger partial charge in [0.15, 0.2) is 6.04 Å². The minimum Gasteiger partial charge on any atom is -0.454 e. The maximum absolute atomic E-state index is 14.4. The molecule has 2 aromatic rings. The van der Waals surface area contributed by atoms with Crippen molar-refractivity contribution in [3.63, 3.8) is 0 Å². The molecule has 1 aromatic heterocycles. The van der Waals surface area contributed by atoms with Gasteiger partial charge in [-0.25, -0.2) is 0 Å². The molecule has 3 unspecified atom stereocenters. The molecule has 5 rings (SSSR count). The molecule has 1 aliphatic carbocycles. The minimum atomic E-state index is -4.78. The summed E-state index contributed by atoms with van der Waals surface area (Å²) in [5.41, 5.74) is 2.18. The SMILES string of the molecule is COCCN1CCN(C(=O)C(c2ccc(C(F)(F)F)o2)N2C(=O)C(C3Cc4ccccc4C3)NC(=O)C2CC(C)C)CC1. The second-order valence-corrected chi connectivity index (χ2v) is 12.1. The highest BCUT2D eigenvalue weighted by atomic mass is 19.4. The highest BCUT2D eigenvalue weighted by Crippen LogP contribution is 2.38. The lowest BCUT2D eigenvalue weighted by Gasteiger charge is -2.45. The van der Waals surface area contributed by atoms with Gasteiger partial charge in [-0.2, -0.15) is 13.2 Å². The number of nitrogens with zero attached hydrogens (tertiary/aromatic N) is 3. The van der Waals surface area contributed by atoms with E-state index >= 15 is 0 Å². The van der Waals surface area contributed by atoms with Crippen molar-refractivity contribution in [3.8, 4) is 0 Å². The number of ether oxygens (including phenoxy) is 1. The Morgan fingerprint density at radius 1 is 1.05 bits per heavy atom. The normalized spacial score (nSPS) is 22.7. The van der Waals surface area contributed by atoms with E-state index < -0.39 is 47.8 Å². The molecule has 0 bridgehead atoms. The van der Waals surface area contributed by atoms with Crippen LogP contribution in [-0.2, 0) is 38.1 Å². The number of furan rings is 1. The van der Waals surface area contributed by atoms with Crippen LogP contribution in [0.1, 0.15) is 49.0 Å². The maximum Gasteiger partial charge on any atom is 0.449 e. The number of methoxy groups -OCH3 is 1. The molecular formula is C31H39F3N4O5. The first-order valence-electron chi connectivity index (χ1n) is 14.8. The third kappa shape index (κ3) is 6.59. The number of rotatable bonds is 9. The molecule has 2 aliphatic heterocycles. The van der Waals surface area contributed by atoms with Gasteiger partial charge in [0.2, 0.25) is 17.6 Å². The van der Waals surface area contributed by atoms with Crippen molar-refractivity contribution >= 4 is 17.7 Å². The molecule has 1 aromatic carbocycles. The first-order valence-corrected chi connectivity index (χ1v) is 14.8. The van der Waals surface area contributed by atoms with E-state index in [1.54, 1.807) is 12.0 Å². The summed E-state index contributed by atoms with van der Waals surface area (Å²) in [4.78, 5) is 47.3. The number of hydrogen-bond acceptors (Lipinski definition) is 6. The number of alkyl halides is 3. The number of carbonyl (C=O) groups excluding carboxylic acids is 3. The number of piperazine rings is 2. The van der Waals surface area contributed by atoms with Gasteiger partial charge in [0, 0.05) is 39.8 Å². The first-order chi connectivity index (χ1) is 20.5. The minimum absolute atomic E-state index is 0.0410. The van der Waals surface area contributed by atoms with Gasteiger partial charge >= 0.3 is 6.18 Å². The van der Waals surface area contributed by atoms with E-state index in [4.69, 9.17) is 9.15 Å². The standard InChI is InChI=1S/C31H39F3N4O5/c1-19(2)16-23-28(39)35-26(22-17-20-6-4-5-7-21(20)18-22)29(40)38(23)27(24-8-9-25(43-24)31(32,33)34)30(41)37-12-10-36(11-13-37)14-15-42-3/h4-9,19,22-23,26-27H,10-18H2,1-3H3,(H,35,39). The van der Waals surface area contributed by atoms with Crippen molar-refractivity contribution in [1.29, 1.82) is 0 Å². The average molecular weight is 605 g/mol. The largest absolute Gasteiger partial charge is 0.454 e. The molecule has 234 valence electrons. The van der Waals surface area contributed by atoms with Gasteiger partial charge in [0.05, 0.1) is 6.61 Å². The maximum atomic E-state index is 14.4. The van der Waals surface area contributed by atoms with Crippen molar-refractivity contribution in [2.75, 3.05) is 46.4 Å². The number of amides is 3. The van der Waals surface area contributed by atoms with E-state index in [1.807, 2.05) is 38.1 Å². The highest BCUT2D eigenvalue weighted by molar-refractivity contribution is 6.00. The molecule has 43 heavy (non-hydrogen) atoms. The van der Waals surface area contributed by atoms with Crippen LogP contribution in [0.3, 0.4) is 0 Å². The summed E-state index contributed by atoms with van der Waals surface area (Å²) in [6.45, 7) is 6.71. The van der Waals surface area contributed by atoms with E-state index in [1.165, 1.54) is 4.90 Å². The molecule has 0 saturated carbocycles. The van der Waals surface area contributed by atoms with Crippen molar-refractivity contribution in [2.24, 2.45) is 11.8 Å². The molecule has 3 aliphatic rings. The molecule has 1 N–H and O–H groups in total. The molecule has 3 atom stereocenters. The number of benzene rings is 1. The molecule has 0 spiro atoms. The zero-order valence-electron chi connectivity index (χ0n) is 24.7. The van der Waals surface area contributed by atoms with Gasteiger partial charge in [0.25, 0.3) is 5.91 Å². The molecule has 12 heteroatoms. The monoisotopic (exact) mass is 604 g/mol. The van der Waals surface area contributed by atoms with Crippen molar-refractivity contribution in [2.45, 2.75) is 57.4 Å². The zero-order valence-corrected chi connectivity index (χ0v) is 24.7. The first kappa shape index (κ1) is 31.1. The Morgan fingerprint density at radius 2 is 1.70 bits per heavy atom. The number of carbonyl (C=O) groups is 3. The van der Waals surface area contributed by atoms with Crippen LogP contribution in [0.15, 0.2) is 40.8 Å². The van der Waals surface area contributed by atoms with Crippen LogP contribution in [0, 0.1) is 11.8 Å². The van der Waals surface area contributed by atoms with Gasteiger partial charge in [-0.3, -0.25) is 19.3 Å². The Hall–Kier alpha value is -3.38. The van der Waals surface area contributed by atoms with Crippen LogP contribution in [0.4, 0.5) is 13.2 Å². The van der Waals surface area contributed by atoms with E-state index in [0.29, 0.717) is 52.2 Å². The summed E-state index contributed by atoms with van der Waals surface area (Å²) >= 11 is 0. The molecular weight excluding hydrogens is 565 g/mol. The predicted molar refractivity (Wildman–Crippen MR) is 151 cm³/mol. The Kier molecular flexibility index (Phi) is 9.17. The van der Waals surface area contributed by atoms with E-state index in [9.17, 15) is 27.6 Å². The van der Waals surface area contributed by atoms with Gasteiger partial charge in [-0.15, -0.1) is 0 Å². The summed E-state index contributed by atoms with van der Waals surface area (Å²) in [5, 5.41) is 2.92. The summed E-state index contributed by atoms with van der Waals surface area (Å²) in [5.74, 6) is -3.31. The molecule has 0 radical (unpaired) electrons. The van der Waals surface area contributed by atoms with Crippen LogP contribution in [0.25, 0.3) is 0 Å². The lowest BCUT2D eigenvalue weighted by Crippen LogP contribution is -2.67. The third-order valence-electron chi connectivity index (χ3n) is 8.69. The van der Waals surface area contributed by atoms with Crippen LogP contribution in [-0.4, -0.2) is 90.9 Å². The van der Waals surface area contributed by atoms with Crippen LogP contribution < -0.4 is 5.32 Å². The molecule has 9 nitrogen and oxygen atoms in total. The van der Waals surface area contributed by atoms with E-state index in [-0.39, 0.29) is 24.0 Å². The van der Waals surface area contributed by atoms with E-state index in [0.717, 1.165) is 23.3 Å². The zero-order chi connectivity index (χ0) is 30.9. The average Bonchev–Trinajstić information content (AvgIpc) is 3.63. The van der Waals surface area contributed by atoms with Gasteiger partial charge in [-0.1, -0.05) is 38.1 Å². The Bertz CT molecular complexity index is 1300. The fourth-order valence-corrected chi connectivity index (χ4v) is 6.49. The van der Waals surface area contributed by atoms with E-state index in [2.05, 4.69) is 10.2 Å². The molecule has 3 heterocycles. The fraction of sp³-hybridized carbons (Fsp3) is 0.581. The third-order valence-corrected chi connectivity index (χ3v) is 8.69. The van der Waals surface area contributed by atoms with Crippen molar-refractivity contribution < 1.29 is 36.7 Å². The fourth-order valence-electron chi connectivity index (χ4n) is 6.49. The van der Waals surface area contributed by atoms with Crippen LogP contribution in [0.5, 0.6) is 0 Å². The van der Waals surface area contributed by atoms with Crippen molar-refractivity contribution in [3.05, 3.63) is 59.0 Å². The van der Waals surface area contributed by atoms with Gasteiger partial charge in [-0.05, 0) is 54.4 Å². The number of halogens is 3. The Labute approximate surface area is 249 Å². The van der Waals surface area contributed by atoms with Gasteiger partial charge < -0.3 is 24.3 Å². The number of hydrogen-bond donors (Lipinski definition) is 1. The van der Waals surface area contributed by atoms with Crippen molar-refractivity contribution in [1.82, 2.24) is 20.0 Å². The van der Waals surface area contributed by atoms with Crippen LogP contribution in [0.2, 0.25) is 0 Å². The molecule has 3 amide bonds. The Balaban J connectivity index is 1.51. The topological polar surface area (TPSA) is 95.3 Å². The number of fused-ring (bicyclic) bond motifs is 1. The summed E-state index contributed by atoms with van der Waals surface area (Å²) in [7, 11) is 1.61. The lowest BCUT2D eigenvalue weighted by atomic mass is 9.88. The molecule has 2 saturated heterocycles. The lowest BCUT2D eigenvalue weighted by molar-refractivity contribution is -0.163. The van der Waals surface area contributed by atoms with Crippen LogP contribution >= 0.6 is 0 Å². The highest BCUT2D eigenvalue weighted by Gasteiger charge is 2.51. The second kappa shape index (κ2) is 12.7. The smallest absolute Gasteiger partial charge is 0.449 e. The molecule has 2 fully saturated rings.